The van der Waals surface area contributed by atoms with Crippen molar-refractivity contribution >= 4 is 29.3 Å². The number of anilines is 1. The number of piperazine rings is 1. The molecule has 0 spiro atoms. The van der Waals surface area contributed by atoms with Gasteiger partial charge in [0.05, 0.1) is 23.5 Å². The lowest BCUT2D eigenvalue weighted by Crippen LogP contribution is -2.50. The van der Waals surface area contributed by atoms with E-state index in [1.54, 1.807) is 4.90 Å². The number of rotatable bonds is 6. The summed E-state index contributed by atoms with van der Waals surface area (Å²) in [4.78, 5) is 29.7. The number of alkyl halides is 3. The van der Waals surface area contributed by atoms with E-state index < -0.39 is 17.6 Å². The van der Waals surface area contributed by atoms with E-state index in [4.69, 9.17) is 0 Å². The number of para-hydroxylation sites is 1. The van der Waals surface area contributed by atoms with Gasteiger partial charge < -0.3 is 10.2 Å². The smallest absolute Gasteiger partial charge is 0.339 e. The Labute approximate surface area is 196 Å². The summed E-state index contributed by atoms with van der Waals surface area (Å²) in [5, 5.41) is 2.37. The molecular formula is C24H28F3N3O2S. The highest BCUT2D eigenvalue weighted by molar-refractivity contribution is 8.00. The maximum absolute atomic E-state index is 13.1. The molecule has 1 fully saturated rings. The summed E-state index contributed by atoms with van der Waals surface area (Å²) in [5.41, 5.74) is 2.40. The molecule has 3 rings (SSSR count). The number of carbonyl (C=O) groups excluding carboxylic acids is 2. The van der Waals surface area contributed by atoms with Crippen LogP contribution < -0.4 is 5.32 Å². The zero-order valence-corrected chi connectivity index (χ0v) is 19.8. The summed E-state index contributed by atoms with van der Waals surface area (Å²) in [6.45, 7) is 8.07. The number of hydrogen-bond donors (Lipinski definition) is 1. The molecule has 0 aromatic heterocycles. The molecule has 178 valence electrons. The van der Waals surface area contributed by atoms with Crippen LogP contribution in [0.25, 0.3) is 0 Å². The van der Waals surface area contributed by atoms with Crippen LogP contribution in [0, 0.1) is 20.8 Å². The number of nitrogens with one attached hydrogen (secondary N) is 1. The third-order valence-corrected chi connectivity index (χ3v) is 6.87. The van der Waals surface area contributed by atoms with E-state index in [-0.39, 0.29) is 18.1 Å². The summed E-state index contributed by atoms with van der Waals surface area (Å²) in [6.07, 6.45) is -4.54. The van der Waals surface area contributed by atoms with Crippen LogP contribution in [0.15, 0.2) is 41.3 Å². The molecule has 0 radical (unpaired) electrons. The Morgan fingerprint density at radius 1 is 1.00 bits per heavy atom. The molecule has 33 heavy (non-hydrogen) atoms. The average molecular weight is 480 g/mol. The number of carbonyl (C=O) groups is 2. The van der Waals surface area contributed by atoms with Crippen LogP contribution in [-0.2, 0) is 15.8 Å². The van der Waals surface area contributed by atoms with Gasteiger partial charge in [-0.05, 0) is 44.0 Å². The first-order chi connectivity index (χ1) is 15.5. The van der Waals surface area contributed by atoms with Crippen LogP contribution in [0.4, 0.5) is 18.9 Å². The summed E-state index contributed by atoms with van der Waals surface area (Å²) < 4.78 is 39.3. The van der Waals surface area contributed by atoms with Crippen molar-refractivity contribution in [3.63, 3.8) is 0 Å². The zero-order chi connectivity index (χ0) is 24.2. The normalized spacial score (nSPS) is 14.9. The Morgan fingerprint density at radius 3 is 2.21 bits per heavy atom. The quantitative estimate of drug-likeness (QED) is 0.620. The van der Waals surface area contributed by atoms with Crippen LogP contribution >= 0.6 is 11.8 Å². The van der Waals surface area contributed by atoms with Crippen molar-refractivity contribution in [2.24, 2.45) is 0 Å². The number of aryl methyl sites for hydroxylation is 3. The summed E-state index contributed by atoms with van der Waals surface area (Å²) in [7, 11) is 0. The standard InChI is InChI=1S/C24H28F3N3O2S/c1-16-12-17(2)23(18(3)13-16)33-15-22(32)30-10-8-29(9-11-30)14-21(31)28-20-7-5-4-6-19(20)24(25,26)27/h4-7,12-13H,8-11,14-15H2,1-3H3,(H,28,31). The van der Waals surface area contributed by atoms with Crippen LogP contribution in [0.5, 0.6) is 0 Å². The Balaban J connectivity index is 1.47. The molecule has 1 aliphatic heterocycles. The predicted molar refractivity (Wildman–Crippen MR) is 124 cm³/mol. The van der Waals surface area contributed by atoms with Gasteiger partial charge in [0.25, 0.3) is 0 Å². The molecule has 0 saturated carbocycles. The van der Waals surface area contributed by atoms with Crippen molar-refractivity contribution in [2.45, 2.75) is 31.8 Å². The lowest BCUT2D eigenvalue weighted by Gasteiger charge is -2.34. The van der Waals surface area contributed by atoms with Crippen molar-refractivity contribution in [1.29, 1.82) is 0 Å². The number of amides is 2. The number of hydrogen-bond acceptors (Lipinski definition) is 4. The first-order valence-corrected chi connectivity index (χ1v) is 11.7. The lowest BCUT2D eigenvalue weighted by atomic mass is 10.1. The number of halogens is 3. The molecule has 1 heterocycles. The van der Waals surface area contributed by atoms with Crippen molar-refractivity contribution in [2.75, 3.05) is 43.8 Å². The second-order valence-corrected chi connectivity index (χ2v) is 9.25. The van der Waals surface area contributed by atoms with E-state index in [1.165, 1.54) is 35.5 Å². The maximum Gasteiger partial charge on any atom is 0.418 e. The minimum atomic E-state index is -4.54. The molecule has 0 aliphatic carbocycles. The highest BCUT2D eigenvalue weighted by atomic mass is 32.2. The molecule has 1 N–H and O–H groups in total. The van der Waals surface area contributed by atoms with Gasteiger partial charge in [0.1, 0.15) is 0 Å². The van der Waals surface area contributed by atoms with Gasteiger partial charge in [-0.25, -0.2) is 0 Å². The van der Waals surface area contributed by atoms with E-state index in [2.05, 4.69) is 24.4 Å². The fourth-order valence-corrected chi connectivity index (χ4v) is 5.03. The molecule has 1 saturated heterocycles. The molecule has 9 heteroatoms. The minimum Gasteiger partial charge on any atom is -0.339 e. The third kappa shape index (κ3) is 6.74. The van der Waals surface area contributed by atoms with Gasteiger partial charge in [0.2, 0.25) is 11.8 Å². The maximum atomic E-state index is 13.1. The minimum absolute atomic E-state index is 0.0231. The van der Waals surface area contributed by atoms with Gasteiger partial charge >= 0.3 is 6.18 Å². The Bertz CT molecular complexity index is 995. The summed E-state index contributed by atoms with van der Waals surface area (Å²) in [6, 6.07) is 9.14. The van der Waals surface area contributed by atoms with E-state index in [1.807, 2.05) is 18.7 Å². The molecular weight excluding hydrogens is 451 g/mol. The Hall–Kier alpha value is -2.52. The zero-order valence-electron chi connectivity index (χ0n) is 19.0. The number of benzene rings is 2. The summed E-state index contributed by atoms with van der Waals surface area (Å²) in [5.74, 6) is -0.116. The lowest BCUT2D eigenvalue weighted by molar-refractivity contribution is -0.137. The van der Waals surface area contributed by atoms with E-state index >= 15 is 0 Å². The van der Waals surface area contributed by atoms with Gasteiger partial charge in [-0.15, -0.1) is 11.8 Å². The molecule has 0 bridgehead atoms. The first kappa shape index (κ1) is 25.1. The fourth-order valence-electron chi connectivity index (χ4n) is 4.01. The monoisotopic (exact) mass is 479 g/mol. The van der Waals surface area contributed by atoms with Gasteiger partial charge in [0, 0.05) is 31.1 Å². The highest BCUT2D eigenvalue weighted by Gasteiger charge is 2.33. The van der Waals surface area contributed by atoms with Gasteiger partial charge in [-0.2, -0.15) is 13.2 Å². The molecule has 0 unspecified atom stereocenters. The Kier molecular flexibility index (Phi) is 8.07. The van der Waals surface area contributed by atoms with E-state index in [0.29, 0.717) is 31.9 Å². The molecule has 2 aromatic rings. The largest absolute Gasteiger partial charge is 0.418 e. The number of nitrogens with zero attached hydrogens (tertiary/aromatic N) is 2. The topological polar surface area (TPSA) is 52.7 Å². The van der Waals surface area contributed by atoms with E-state index in [0.717, 1.165) is 22.1 Å². The Morgan fingerprint density at radius 2 is 1.61 bits per heavy atom. The van der Waals surface area contributed by atoms with Gasteiger partial charge in [-0.1, -0.05) is 29.8 Å². The number of thioether (sulfide) groups is 1. The molecule has 2 amide bonds. The predicted octanol–water partition coefficient (Wildman–Crippen LogP) is 4.51. The SMILES string of the molecule is Cc1cc(C)c(SCC(=O)N2CCN(CC(=O)Nc3ccccc3C(F)(F)F)CC2)c(C)c1. The van der Waals surface area contributed by atoms with Crippen LogP contribution in [0.3, 0.4) is 0 Å². The van der Waals surface area contributed by atoms with Gasteiger partial charge in [0.15, 0.2) is 0 Å². The molecule has 5 nitrogen and oxygen atoms in total. The van der Waals surface area contributed by atoms with Crippen LogP contribution in [0.2, 0.25) is 0 Å². The highest BCUT2D eigenvalue weighted by Crippen LogP contribution is 2.34. The second kappa shape index (κ2) is 10.6. The second-order valence-electron chi connectivity index (χ2n) is 8.26. The van der Waals surface area contributed by atoms with Gasteiger partial charge in [-0.3, -0.25) is 14.5 Å². The summed E-state index contributed by atoms with van der Waals surface area (Å²) >= 11 is 1.54. The fraction of sp³-hybridized carbons (Fsp3) is 0.417. The van der Waals surface area contributed by atoms with Crippen molar-refractivity contribution < 1.29 is 22.8 Å². The van der Waals surface area contributed by atoms with Crippen LogP contribution in [-0.4, -0.2) is 60.1 Å². The molecule has 1 aliphatic rings. The molecule has 0 atom stereocenters. The van der Waals surface area contributed by atoms with Crippen molar-refractivity contribution in [3.8, 4) is 0 Å². The van der Waals surface area contributed by atoms with Crippen LogP contribution in [0.1, 0.15) is 22.3 Å². The van der Waals surface area contributed by atoms with Crippen molar-refractivity contribution in [3.05, 3.63) is 58.7 Å². The third-order valence-electron chi connectivity index (χ3n) is 5.54. The van der Waals surface area contributed by atoms with E-state index in [9.17, 15) is 22.8 Å². The first-order valence-electron chi connectivity index (χ1n) is 10.7. The average Bonchev–Trinajstić information content (AvgIpc) is 2.73. The molecule has 2 aromatic carbocycles. The van der Waals surface area contributed by atoms with Crippen molar-refractivity contribution in [1.82, 2.24) is 9.80 Å².